The van der Waals surface area contributed by atoms with Crippen molar-refractivity contribution in [1.29, 1.82) is 0 Å². The quantitative estimate of drug-likeness (QED) is 0.260. The lowest BCUT2D eigenvalue weighted by Gasteiger charge is -2.54. The van der Waals surface area contributed by atoms with E-state index >= 15 is 4.39 Å². The summed E-state index contributed by atoms with van der Waals surface area (Å²) in [6.07, 6.45) is 5.12. The molecule has 0 bridgehead atoms. The van der Waals surface area contributed by atoms with Crippen molar-refractivity contribution in [3.05, 3.63) is 89.7 Å². The zero-order valence-electron chi connectivity index (χ0n) is 30.2. The van der Waals surface area contributed by atoms with Crippen LogP contribution in [-0.2, 0) is 20.0 Å². The molecule has 0 spiro atoms. The van der Waals surface area contributed by atoms with E-state index in [-0.39, 0.29) is 57.6 Å². The van der Waals surface area contributed by atoms with E-state index in [1.54, 1.807) is 24.3 Å². The van der Waals surface area contributed by atoms with E-state index in [9.17, 15) is 22.4 Å². The van der Waals surface area contributed by atoms with Crippen molar-refractivity contribution in [3.8, 4) is 0 Å². The largest absolute Gasteiger partial charge is 0.453 e. The monoisotopic (exact) mass is 749 g/mol. The van der Waals surface area contributed by atoms with E-state index < -0.39 is 27.5 Å². The van der Waals surface area contributed by atoms with Crippen LogP contribution >= 0.6 is 0 Å². The lowest BCUT2D eigenvalue weighted by Crippen LogP contribution is -2.65. The van der Waals surface area contributed by atoms with Gasteiger partial charge in [0.15, 0.2) is 5.67 Å². The standard InChI is InChI=1S/C40H49F2N5O5S/c1-52-38(49)44-36-11-4-10-35(36)40(27-45-18-5-19-45,30-7-3-8-31(41)23-30)29-16-20-46(21-17-29)24-39(42)25-47(26-39)32-12-14-33(15-13-32)53(50,51)34-9-2-6-28(22-34)37(43)48/h2-3,6-9,12-15,22-23,29,35-36H,4-5,10-11,16-21,24-27H2,1H3,(H2,43,48)(H,44,49)/t35-,36-,40-/m0/s1. The van der Waals surface area contributed by atoms with Gasteiger partial charge in [0.1, 0.15) is 5.82 Å². The molecule has 7 rings (SSSR count). The van der Waals surface area contributed by atoms with E-state index in [1.165, 1.54) is 49.6 Å². The number of nitrogens with one attached hydrogen (secondary N) is 1. The van der Waals surface area contributed by atoms with Gasteiger partial charge in [-0.25, -0.2) is 22.0 Å². The van der Waals surface area contributed by atoms with Gasteiger partial charge in [0.05, 0.1) is 30.0 Å². The summed E-state index contributed by atoms with van der Waals surface area (Å²) in [4.78, 5) is 30.7. The first-order valence-corrected chi connectivity index (χ1v) is 20.1. The van der Waals surface area contributed by atoms with Gasteiger partial charge in [-0.05, 0) is 130 Å². The molecule has 3 aromatic rings. The average molecular weight is 750 g/mol. The molecular weight excluding hydrogens is 701 g/mol. The normalized spacial score (nSPS) is 23.4. The first-order chi connectivity index (χ1) is 25.4. The van der Waals surface area contributed by atoms with Crippen molar-refractivity contribution in [2.75, 3.05) is 64.4 Å². The molecule has 4 fully saturated rings. The van der Waals surface area contributed by atoms with Gasteiger partial charge in [-0.15, -0.1) is 0 Å². The van der Waals surface area contributed by atoms with Crippen LogP contribution < -0.4 is 16.0 Å². The molecule has 3 N–H and O–H groups in total. The van der Waals surface area contributed by atoms with E-state index in [0.717, 1.165) is 82.5 Å². The molecule has 284 valence electrons. The smallest absolute Gasteiger partial charge is 0.407 e. The average Bonchev–Trinajstić information content (AvgIpc) is 3.59. The molecule has 2 amide bonds. The Kier molecular flexibility index (Phi) is 10.5. The van der Waals surface area contributed by atoms with Crippen LogP contribution in [0.3, 0.4) is 0 Å². The number of nitrogens with zero attached hydrogens (tertiary/aromatic N) is 3. The van der Waals surface area contributed by atoms with Gasteiger partial charge in [0, 0.05) is 35.8 Å². The fourth-order valence-corrected chi connectivity index (χ4v) is 10.8. The molecular formula is C40H49F2N5O5S. The van der Waals surface area contributed by atoms with Crippen molar-refractivity contribution in [2.24, 2.45) is 17.6 Å². The lowest BCUT2D eigenvalue weighted by atomic mass is 9.57. The van der Waals surface area contributed by atoms with Gasteiger partial charge in [0.2, 0.25) is 15.7 Å². The number of anilines is 1. The number of ether oxygens (including phenoxy) is 1. The number of hydrogen-bond acceptors (Lipinski definition) is 8. The zero-order valence-corrected chi connectivity index (χ0v) is 31.0. The van der Waals surface area contributed by atoms with Crippen molar-refractivity contribution < 1.29 is 31.5 Å². The Bertz CT molecular complexity index is 1910. The SMILES string of the molecule is COC(=O)N[C@H]1CCC[C@@H]1[C@](CN1CCC1)(c1cccc(F)c1)C1CCN(CC2(F)CN(c3ccc(S(=O)(=O)c4cccc(C(N)=O)c4)cc3)C2)CC1. The van der Waals surface area contributed by atoms with Crippen LogP contribution in [0.5, 0.6) is 0 Å². The zero-order chi connectivity index (χ0) is 37.4. The van der Waals surface area contributed by atoms with Crippen LogP contribution in [0.4, 0.5) is 19.3 Å². The third-order valence-electron chi connectivity index (χ3n) is 12.2. The van der Waals surface area contributed by atoms with Crippen molar-refractivity contribution in [1.82, 2.24) is 15.1 Å². The number of alkyl carbamates (subject to hydrolysis) is 1. The number of alkyl halides is 1. The Hall–Kier alpha value is -4.07. The Balaban J connectivity index is 1.02. The second-order valence-corrected chi connectivity index (χ2v) is 17.4. The van der Waals surface area contributed by atoms with Gasteiger partial charge in [-0.1, -0.05) is 24.6 Å². The first kappa shape index (κ1) is 37.3. The minimum absolute atomic E-state index is 0.0216. The van der Waals surface area contributed by atoms with Crippen LogP contribution in [0.25, 0.3) is 0 Å². The number of rotatable bonds is 12. The molecule has 13 heteroatoms. The number of carbonyl (C=O) groups is 2. The molecule has 3 saturated heterocycles. The number of hydrogen-bond donors (Lipinski definition) is 2. The summed E-state index contributed by atoms with van der Waals surface area (Å²) in [6.45, 7) is 4.94. The molecule has 0 aromatic heterocycles. The minimum Gasteiger partial charge on any atom is -0.453 e. The fourth-order valence-electron chi connectivity index (χ4n) is 9.45. The van der Waals surface area contributed by atoms with Gasteiger partial charge >= 0.3 is 6.09 Å². The van der Waals surface area contributed by atoms with E-state index in [1.807, 2.05) is 4.90 Å². The number of amides is 2. The molecule has 3 atom stereocenters. The van der Waals surface area contributed by atoms with Gasteiger partial charge < -0.3 is 25.6 Å². The molecule has 1 saturated carbocycles. The third-order valence-corrected chi connectivity index (χ3v) is 13.9. The highest BCUT2D eigenvalue weighted by Gasteiger charge is 2.54. The number of benzene rings is 3. The summed E-state index contributed by atoms with van der Waals surface area (Å²) in [5.74, 6) is -0.646. The van der Waals surface area contributed by atoms with Gasteiger partial charge in [-0.2, -0.15) is 0 Å². The van der Waals surface area contributed by atoms with Gasteiger partial charge in [-0.3, -0.25) is 9.69 Å². The number of likely N-dealkylation sites (tertiary alicyclic amines) is 2. The third kappa shape index (κ3) is 7.52. The Labute approximate surface area is 310 Å². The number of sulfone groups is 1. The van der Waals surface area contributed by atoms with Crippen LogP contribution in [0, 0.1) is 17.7 Å². The summed E-state index contributed by atoms with van der Waals surface area (Å²) >= 11 is 0. The Morgan fingerprint density at radius 3 is 2.26 bits per heavy atom. The summed E-state index contributed by atoms with van der Waals surface area (Å²) < 4.78 is 62.7. The predicted octanol–water partition coefficient (Wildman–Crippen LogP) is 5.17. The number of nitrogens with two attached hydrogens (primary N) is 1. The molecule has 3 aliphatic heterocycles. The maximum absolute atomic E-state index is 16.2. The first-order valence-electron chi connectivity index (χ1n) is 18.6. The molecule has 1 aliphatic carbocycles. The molecule has 3 heterocycles. The predicted molar refractivity (Wildman–Crippen MR) is 198 cm³/mol. The van der Waals surface area contributed by atoms with Crippen molar-refractivity contribution >= 4 is 27.5 Å². The van der Waals surface area contributed by atoms with Crippen molar-refractivity contribution in [2.45, 2.75) is 65.4 Å². The maximum Gasteiger partial charge on any atom is 0.407 e. The second kappa shape index (κ2) is 15.0. The minimum atomic E-state index is -3.88. The van der Waals surface area contributed by atoms with Crippen LogP contribution in [0.2, 0.25) is 0 Å². The number of carbonyl (C=O) groups excluding carboxylic acids is 2. The lowest BCUT2D eigenvalue weighted by molar-refractivity contribution is 0.00584. The van der Waals surface area contributed by atoms with E-state index in [2.05, 4.69) is 21.2 Å². The topological polar surface area (TPSA) is 125 Å². The summed E-state index contributed by atoms with van der Waals surface area (Å²) in [5, 5.41) is 3.13. The highest BCUT2D eigenvalue weighted by Crippen LogP contribution is 2.51. The summed E-state index contributed by atoms with van der Waals surface area (Å²) in [6, 6.07) is 19.0. The molecule has 3 aromatic carbocycles. The number of methoxy groups -OCH3 is 1. The Morgan fingerprint density at radius 1 is 0.906 bits per heavy atom. The second-order valence-electron chi connectivity index (χ2n) is 15.4. The number of primary amides is 1. The molecule has 0 radical (unpaired) electrons. The molecule has 0 unspecified atom stereocenters. The number of halogens is 2. The summed E-state index contributed by atoms with van der Waals surface area (Å²) in [5.41, 5.74) is 5.37. The Morgan fingerprint density at radius 2 is 1.62 bits per heavy atom. The molecule has 10 nitrogen and oxygen atoms in total. The molecule has 4 aliphatic rings. The highest BCUT2D eigenvalue weighted by atomic mass is 32.2. The van der Waals surface area contributed by atoms with Crippen LogP contribution in [0.15, 0.2) is 82.6 Å². The fraction of sp³-hybridized carbons (Fsp3) is 0.500. The maximum atomic E-state index is 16.2. The van der Waals surface area contributed by atoms with Crippen LogP contribution in [-0.4, -0.2) is 101 Å². The van der Waals surface area contributed by atoms with Crippen LogP contribution in [0.1, 0.15) is 54.4 Å². The van der Waals surface area contributed by atoms with Crippen molar-refractivity contribution in [3.63, 3.8) is 0 Å². The highest BCUT2D eigenvalue weighted by molar-refractivity contribution is 7.91. The number of piperidine rings is 1. The summed E-state index contributed by atoms with van der Waals surface area (Å²) in [7, 11) is -2.49. The van der Waals surface area contributed by atoms with Gasteiger partial charge in [0.25, 0.3) is 0 Å². The van der Waals surface area contributed by atoms with E-state index in [0.29, 0.717) is 6.54 Å². The molecule has 53 heavy (non-hydrogen) atoms. The van der Waals surface area contributed by atoms with E-state index in [4.69, 9.17) is 10.5 Å².